The minimum atomic E-state index is 0.300. The van der Waals surface area contributed by atoms with Gasteiger partial charge in [-0.1, -0.05) is 13.8 Å². The van der Waals surface area contributed by atoms with E-state index < -0.39 is 0 Å². The molecule has 0 aromatic rings. The van der Waals surface area contributed by atoms with Gasteiger partial charge in [-0.3, -0.25) is 0 Å². The normalized spacial score (nSPS) is 25.4. The van der Waals surface area contributed by atoms with Crippen molar-refractivity contribution in [2.24, 2.45) is 11.3 Å². The predicted molar refractivity (Wildman–Crippen MR) is 90.7 cm³/mol. The molecule has 0 aromatic carbocycles. The number of thioether (sulfide) groups is 1. The molecule has 1 N–H and O–H groups in total. The Bertz CT molecular complexity index is 255. The molecule has 0 spiro atoms. The third-order valence-electron chi connectivity index (χ3n) is 4.20. The molecule has 0 bridgehead atoms. The van der Waals surface area contributed by atoms with Gasteiger partial charge in [-0.2, -0.15) is 11.8 Å². The molecule has 4 heteroatoms. The van der Waals surface area contributed by atoms with Gasteiger partial charge in [-0.15, -0.1) is 0 Å². The molecule has 1 saturated heterocycles. The van der Waals surface area contributed by atoms with Crippen LogP contribution in [0.2, 0.25) is 0 Å². The SMILES string of the molecule is CSCC(C)N(C)CC1(CNCC(C)C)CCCOC1. The van der Waals surface area contributed by atoms with Crippen molar-refractivity contribution in [1.29, 1.82) is 0 Å². The minimum absolute atomic E-state index is 0.300. The molecule has 0 saturated carbocycles. The number of ether oxygens (including phenoxy) is 1. The van der Waals surface area contributed by atoms with Gasteiger partial charge < -0.3 is 15.0 Å². The van der Waals surface area contributed by atoms with Crippen molar-refractivity contribution in [2.75, 3.05) is 51.9 Å². The molecule has 1 heterocycles. The van der Waals surface area contributed by atoms with Crippen molar-refractivity contribution in [3.63, 3.8) is 0 Å². The van der Waals surface area contributed by atoms with Gasteiger partial charge in [0.05, 0.1) is 6.61 Å². The van der Waals surface area contributed by atoms with Crippen LogP contribution in [-0.4, -0.2) is 62.8 Å². The summed E-state index contributed by atoms with van der Waals surface area (Å²) in [5, 5.41) is 3.66. The molecule has 0 aliphatic carbocycles. The molecule has 3 nitrogen and oxygen atoms in total. The highest BCUT2D eigenvalue weighted by molar-refractivity contribution is 7.98. The quantitative estimate of drug-likeness (QED) is 0.708. The fourth-order valence-electron chi connectivity index (χ4n) is 2.91. The van der Waals surface area contributed by atoms with Gasteiger partial charge in [-0.05, 0) is 45.5 Å². The lowest BCUT2D eigenvalue weighted by Crippen LogP contribution is -2.50. The van der Waals surface area contributed by atoms with Crippen LogP contribution in [0.3, 0.4) is 0 Å². The highest BCUT2D eigenvalue weighted by Crippen LogP contribution is 2.29. The molecule has 1 aliphatic heterocycles. The number of nitrogens with one attached hydrogen (secondary N) is 1. The van der Waals surface area contributed by atoms with Gasteiger partial charge in [-0.25, -0.2) is 0 Å². The summed E-state index contributed by atoms with van der Waals surface area (Å²) in [5.74, 6) is 1.91. The molecule has 120 valence electrons. The van der Waals surface area contributed by atoms with Crippen molar-refractivity contribution < 1.29 is 4.74 Å². The van der Waals surface area contributed by atoms with Crippen LogP contribution in [0.4, 0.5) is 0 Å². The Hall–Kier alpha value is 0.230. The van der Waals surface area contributed by atoms with E-state index in [1.54, 1.807) is 0 Å². The van der Waals surface area contributed by atoms with Gasteiger partial charge >= 0.3 is 0 Å². The van der Waals surface area contributed by atoms with Gasteiger partial charge in [0.1, 0.15) is 0 Å². The second-order valence-electron chi connectivity index (χ2n) is 6.90. The van der Waals surface area contributed by atoms with E-state index in [9.17, 15) is 0 Å². The van der Waals surface area contributed by atoms with E-state index >= 15 is 0 Å². The first kappa shape index (κ1) is 18.3. The molecule has 0 aromatic heterocycles. The smallest absolute Gasteiger partial charge is 0.0546 e. The zero-order valence-electron chi connectivity index (χ0n) is 14.1. The van der Waals surface area contributed by atoms with E-state index in [1.807, 2.05) is 11.8 Å². The second-order valence-corrected chi connectivity index (χ2v) is 7.81. The fraction of sp³-hybridized carbons (Fsp3) is 1.00. The number of hydrogen-bond donors (Lipinski definition) is 1. The lowest BCUT2D eigenvalue weighted by Gasteiger charge is -2.41. The number of hydrogen-bond acceptors (Lipinski definition) is 4. The van der Waals surface area contributed by atoms with Gasteiger partial charge in [0, 0.05) is 36.9 Å². The average molecular weight is 303 g/mol. The highest BCUT2D eigenvalue weighted by Gasteiger charge is 2.34. The van der Waals surface area contributed by atoms with Crippen LogP contribution in [-0.2, 0) is 4.74 Å². The largest absolute Gasteiger partial charge is 0.381 e. The van der Waals surface area contributed by atoms with Gasteiger partial charge in [0.15, 0.2) is 0 Å². The lowest BCUT2D eigenvalue weighted by atomic mass is 9.81. The summed E-state index contributed by atoms with van der Waals surface area (Å²) in [4.78, 5) is 2.52. The Morgan fingerprint density at radius 1 is 1.35 bits per heavy atom. The monoisotopic (exact) mass is 302 g/mol. The summed E-state index contributed by atoms with van der Waals surface area (Å²) >= 11 is 1.93. The third kappa shape index (κ3) is 6.33. The number of nitrogens with zero attached hydrogens (tertiary/aromatic N) is 1. The van der Waals surface area contributed by atoms with Gasteiger partial charge in [0.25, 0.3) is 0 Å². The van der Waals surface area contributed by atoms with Crippen molar-refractivity contribution in [3.05, 3.63) is 0 Å². The van der Waals surface area contributed by atoms with Crippen LogP contribution >= 0.6 is 11.8 Å². The molecular weight excluding hydrogens is 268 g/mol. The summed E-state index contributed by atoms with van der Waals surface area (Å²) < 4.78 is 5.81. The molecule has 0 radical (unpaired) electrons. The Labute approximate surface area is 130 Å². The Morgan fingerprint density at radius 3 is 2.65 bits per heavy atom. The van der Waals surface area contributed by atoms with Crippen molar-refractivity contribution in [3.8, 4) is 0 Å². The van der Waals surface area contributed by atoms with Crippen LogP contribution in [0.1, 0.15) is 33.6 Å². The molecule has 2 unspecified atom stereocenters. The maximum absolute atomic E-state index is 5.81. The molecule has 1 rings (SSSR count). The summed E-state index contributed by atoms with van der Waals surface area (Å²) in [6.45, 7) is 12.0. The summed E-state index contributed by atoms with van der Waals surface area (Å²) in [7, 11) is 2.26. The van der Waals surface area contributed by atoms with Crippen LogP contribution in [0, 0.1) is 11.3 Å². The van der Waals surface area contributed by atoms with Crippen LogP contribution in [0.15, 0.2) is 0 Å². The summed E-state index contributed by atoms with van der Waals surface area (Å²) in [6, 6.07) is 0.633. The lowest BCUT2D eigenvalue weighted by molar-refractivity contribution is -0.0263. The topological polar surface area (TPSA) is 24.5 Å². The van der Waals surface area contributed by atoms with E-state index in [-0.39, 0.29) is 0 Å². The average Bonchev–Trinajstić information content (AvgIpc) is 2.39. The molecule has 0 amide bonds. The first-order valence-corrected chi connectivity index (χ1v) is 9.36. The molecular formula is C16H34N2OS. The van der Waals surface area contributed by atoms with E-state index in [0.29, 0.717) is 17.4 Å². The standard InChI is InChI=1S/C16H34N2OS/c1-14(2)9-17-11-16(7-6-8-19-13-16)12-18(4)15(3)10-20-5/h14-15,17H,6-13H2,1-5H3. The number of rotatable bonds is 9. The Kier molecular flexibility index (Phi) is 8.49. The van der Waals surface area contributed by atoms with E-state index in [0.717, 1.165) is 32.8 Å². The van der Waals surface area contributed by atoms with E-state index in [2.05, 4.69) is 44.3 Å². The summed E-state index contributed by atoms with van der Waals surface area (Å²) in [5.41, 5.74) is 0.300. The van der Waals surface area contributed by atoms with Crippen LogP contribution in [0.25, 0.3) is 0 Å². The molecule has 1 aliphatic rings. The predicted octanol–water partition coefficient (Wildman–Crippen LogP) is 2.71. The zero-order valence-corrected chi connectivity index (χ0v) is 14.9. The maximum atomic E-state index is 5.81. The van der Waals surface area contributed by atoms with E-state index in [4.69, 9.17) is 4.74 Å². The van der Waals surface area contributed by atoms with Crippen LogP contribution < -0.4 is 5.32 Å². The Morgan fingerprint density at radius 2 is 2.10 bits per heavy atom. The minimum Gasteiger partial charge on any atom is -0.381 e. The third-order valence-corrected chi connectivity index (χ3v) is 5.02. The highest BCUT2D eigenvalue weighted by atomic mass is 32.2. The maximum Gasteiger partial charge on any atom is 0.0546 e. The van der Waals surface area contributed by atoms with Crippen molar-refractivity contribution >= 4 is 11.8 Å². The fourth-order valence-corrected chi connectivity index (χ4v) is 3.65. The van der Waals surface area contributed by atoms with Crippen molar-refractivity contribution in [1.82, 2.24) is 10.2 Å². The molecule has 2 atom stereocenters. The molecule has 1 fully saturated rings. The van der Waals surface area contributed by atoms with Gasteiger partial charge in [0.2, 0.25) is 0 Å². The van der Waals surface area contributed by atoms with Crippen LogP contribution in [0.5, 0.6) is 0 Å². The molecule has 20 heavy (non-hydrogen) atoms. The first-order chi connectivity index (χ1) is 9.49. The Balaban J connectivity index is 2.53. The van der Waals surface area contributed by atoms with Crippen molar-refractivity contribution in [2.45, 2.75) is 39.7 Å². The first-order valence-electron chi connectivity index (χ1n) is 7.97. The zero-order chi connectivity index (χ0) is 15.0. The van der Waals surface area contributed by atoms with E-state index in [1.165, 1.54) is 18.6 Å². The summed E-state index contributed by atoms with van der Waals surface area (Å²) in [6.07, 6.45) is 4.68. The second kappa shape index (κ2) is 9.29.